The number of nitrogens with zero attached hydrogens (tertiary/aromatic N) is 1. The highest BCUT2D eigenvalue weighted by molar-refractivity contribution is 5.83. The van der Waals surface area contributed by atoms with Crippen LogP contribution in [0.2, 0.25) is 0 Å². The predicted molar refractivity (Wildman–Crippen MR) is 64.9 cm³/mol. The molecule has 4 nitrogen and oxygen atoms in total. The molecule has 0 saturated carbocycles. The van der Waals surface area contributed by atoms with E-state index in [1.807, 2.05) is 18.7 Å². The number of hydrogen-bond donors (Lipinski definition) is 1. The Morgan fingerprint density at radius 3 is 2.12 bits per heavy atom. The third-order valence-electron chi connectivity index (χ3n) is 2.54. The van der Waals surface area contributed by atoms with E-state index >= 15 is 0 Å². The molecule has 0 aliphatic carbocycles. The van der Waals surface area contributed by atoms with Crippen molar-refractivity contribution >= 4 is 11.7 Å². The summed E-state index contributed by atoms with van der Waals surface area (Å²) in [6.07, 6.45) is 0.838. The fourth-order valence-corrected chi connectivity index (χ4v) is 1.53. The highest BCUT2D eigenvalue weighted by Crippen LogP contribution is 2.05. The first-order valence-electron chi connectivity index (χ1n) is 5.90. The second-order valence-corrected chi connectivity index (χ2v) is 4.81. The highest BCUT2D eigenvalue weighted by Gasteiger charge is 2.17. The quantitative estimate of drug-likeness (QED) is 0.675. The molecule has 16 heavy (non-hydrogen) atoms. The number of nitrogens with two attached hydrogens (primary N) is 1. The normalized spacial score (nSPS) is 13.1. The average Bonchev–Trinajstić information content (AvgIpc) is 2.14. The monoisotopic (exact) mass is 228 g/mol. The van der Waals surface area contributed by atoms with E-state index in [0.717, 1.165) is 13.0 Å². The molecule has 4 heteroatoms. The van der Waals surface area contributed by atoms with E-state index in [2.05, 4.69) is 13.8 Å². The third kappa shape index (κ3) is 6.56. The second-order valence-electron chi connectivity index (χ2n) is 4.81. The van der Waals surface area contributed by atoms with Crippen LogP contribution < -0.4 is 5.73 Å². The van der Waals surface area contributed by atoms with Gasteiger partial charge in [-0.15, -0.1) is 0 Å². The minimum Gasteiger partial charge on any atom is -0.369 e. The van der Waals surface area contributed by atoms with Crippen LogP contribution in [-0.2, 0) is 9.59 Å². The van der Waals surface area contributed by atoms with Gasteiger partial charge < -0.3 is 5.73 Å². The van der Waals surface area contributed by atoms with E-state index in [1.54, 1.807) is 0 Å². The number of Topliss-reactive ketones (excluding diaryl/α,β-unsaturated/α-hetero) is 1. The number of amides is 1. The summed E-state index contributed by atoms with van der Waals surface area (Å²) < 4.78 is 0. The Kier molecular flexibility index (Phi) is 6.97. The minimum absolute atomic E-state index is 0.0579. The van der Waals surface area contributed by atoms with Gasteiger partial charge in [-0.1, -0.05) is 27.7 Å². The lowest BCUT2D eigenvalue weighted by Gasteiger charge is -2.23. The van der Waals surface area contributed by atoms with E-state index in [-0.39, 0.29) is 24.2 Å². The molecule has 1 unspecified atom stereocenters. The largest absolute Gasteiger partial charge is 0.369 e. The maximum absolute atomic E-state index is 11.8. The van der Waals surface area contributed by atoms with Crippen LogP contribution in [0.5, 0.6) is 0 Å². The second kappa shape index (κ2) is 7.39. The van der Waals surface area contributed by atoms with Crippen LogP contribution in [0.3, 0.4) is 0 Å². The lowest BCUT2D eigenvalue weighted by molar-refractivity contribution is -0.125. The Morgan fingerprint density at radius 1 is 1.19 bits per heavy atom. The number of hydrogen-bond acceptors (Lipinski definition) is 3. The summed E-state index contributed by atoms with van der Waals surface area (Å²) in [7, 11) is 0. The summed E-state index contributed by atoms with van der Waals surface area (Å²) in [5.74, 6) is 0.286. The number of primary amides is 1. The lowest BCUT2D eigenvalue weighted by Crippen LogP contribution is -2.40. The summed E-state index contributed by atoms with van der Waals surface area (Å²) in [6, 6.07) is 0. The SMILES string of the molecule is CCC(C)C(=O)CN(CC(N)=O)CC(C)C. The van der Waals surface area contributed by atoms with Gasteiger partial charge in [-0.25, -0.2) is 0 Å². The first kappa shape index (κ1) is 15.1. The number of ketones is 1. The third-order valence-corrected chi connectivity index (χ3v) is 2.54. The number of carbonyl (C=O) groups is 2. The molecule has 0 aromatic carbocycles. The molecule has 0 rings (SSSR count). The average molecular weight is 228 g/mol. The molecule has 2 N–H and O–H groups in total. The molecular weight excluding hydrogens is 204 g/mol. The Balaban J connectivity index is 4.29. The molecule has 0 aliphatic heterocycles. The van der Waals surface area contributed by atoms with Gasteiger partial charge in [-0.05, 0) is 12.3 Å². The van der Waals surface area contributed by atoms with Crippen LogP contribution in [-0.4, -0.2) is 36.2 Å². The Labute approximate surface area is 98.2 Å². The van der Waals surface area contributed by atoms with Gasteiger partial charge >= 0.3 is 0 Å². The zero-order valence-electron chi connectivity index (χ0n) is 10.8. The van der Waals surface area contributed by atoms with E-state index < -0.39 is 0 Å². The van der Waals surface area contributed by atoms with E-state index in [0.29, 0.717) is 12.5 Å². The van der Waals surface area contributed by atoms with Crippen molar-refractivity contribution in [3.05, 3.63) is 0 Å². The molecule has 0 aliphatic rings. The van der Waals surface area contributed by atoms with Gasteiger partial charge in [0.1, 0.15) is 5.78 Å². The van der Waals surface area contributed by atoms with Crippen molar-refractivity contribution in [2.45, 2.75) is 34.1 Å². The summed E-state index contributed by atoms with van der Waals surface area (Å²) in [5.41, 5.74) is 5.16. The summed E-state index contributed by atoms with van der Waals surface area (Å²) in [5, 5.41) is 0. The predicted octanol–water partition coefficient (Wildman–Crippen LogP) is 1.04. The van der Waals surface area contributed by atoms with Gasteiger partial charge in [0.15, 0.2) is 0 Å². The zero-order chi connectivity index (χ0) is 12.7. The Morgan fingerprint density at radius 2 is 1.75 bits per heavy atom. The van der Waals surface area contributed by atoms with Crippen molar-refractivity contribution in [2.75, 3.05) is 19.6 Å². The molecule has 0 aromatic heterocycles. The summed E-state index contributed by atoms with van der Waals surface area (Å²) in [6.45, 7) is 9.24. The molecule has 0 aromatic rings. The van der Waals surface area contributed by atoms with Crippen molar-refractivity contribution in [2.24, 2.45) is 17.6 Å². The Hall–Kier alpha value is -0.900. The molecule has 94 valence electrons. The molecule has 0 bridgehead atoms. The van der Waals surface area contributed by atoms with Gasteiger partial charge in [0.05, 0.1) is 13.1 Å². The molecule has 0 heterocycles. The number of carbonyl (C=O) groups excluding carboxylic acids is 2. The van der Waals surface area contributed by atoms with Gasteiger partial charge in [-0.3, -0.25) is 14.5 Å². The smallest absolute Gasteiger partial charge is 0.231 e. The zero-order valence-corrected chi connectivity index (χ0v) is 10.8. The maximum Gasteiger partial charge on any atom is 0.231 e. The van der Waals surface area contributed by atoms with E-state index in [9.17, 15) is 9.59 Å². The summed E-state index contributed by atoms with van der Waals surface area (Å²) >= 11 is 0. The van der Waals surface area contributed by atoms with E-state index in [4.69, 9.17) is 5.73 Å². The van der Waals surface area contributed by atoms with Crippen molar-refractivity contribution < 1.29 is 9.59 Å². The molecule has 1 amide bonds. The van der Waals surface area contributed by atoms with Crippen molar-refractivity contribution in [1.82, 2.24) is 4.90 Å². The van der Waals surface area contributed by atoms with Crippen LogP contribution in [0.25, 0.3) is 0 Å². The summed E-state index contributed by atoms with van der Waals surface area (Å²) in [4.78, 5) is 24.5. The van der Waals surface area contributed by atoms with Crippen molar-refractivity contribution in [1.29, 1.82) is 0 Å². The van der Waals surface area contributed by atoms with Gasteiger partial charge in [0, 0.05) is 12.5 Å². The van der Waals surface area contributed by atoms with Crippen LogP contribution in [0.1, 0.15) is 34.1 Å². The van der Waals surface area contributed by atoms with Gasteiger partial charge in [0.2, 0.25) is 5.91 Å². The maximum atomic E-state index is 11.8. The fraction of sp³-hybridized carbons (Fsp3) is 0.833. The lowest BCUT2D eigenvalue weighted by atomic mass is 10.0. The highest BCUT2D eigenvalue weighted by atomic mass is 16.1. The van der Waals surface area contributed by atoms with Crippen molar-refractivity contribution in [3.8, 4) is 0 Å². The van der Waals surface area contributed by atoms with Crippen LogP contribution >= 0.6 is 0 Å². The van der Waals surface area contributed by atoms with Crippen LogP contribution in [0, 0.1) is 11.8 Å². The molecule has 0 radical (unpaired) electrons. The standard InChI is InChI=1S/C12H24N2O2/c1-5-10(4)11(15)7-14(6-9(2)3)8-12(13)16/h9-10H,5-8H2,1-4H3,(H2,13,16). The fourth-order valence-electron chi connectivity index (χ4n) is 1.53. The van der Waals surface area contributed by atoms with Crippen molar-refractivity contribution in [3.63, 3.8) is 0 Å². The minimum atomic E-state index is -0.377. The van der Waals surface area contributed by atoms with Gasteiger partial charge in [-0.2, -0.15) is 0 Å². The Bertz CT molecular complexity index is 239. The first-order chi connectivity index (χ1) is 7.36. The molecular formula is C12H24N2O2. The topological polar surface area (TPSA) is 63.4 Å². The van der Waals surface area contributed by atoms with Crippen LogP contribution in [0.4, 0.5) is 0 Å². The molecule has 0 saturated heterocycles. The molecule has 0 fully saturated rings. The van der Waals surface area contributed by atoms with Gasteiger partial charge in [0.25, 0.3) is 0 Å². The van der Waals surface area contributed by atoms with Crippen LogP contribution in [0.15, 0.2) is 0 Å². The molecule has 0 spiro atoms. The molecule has 1 atom stereocenters. The first-order valence-corrected chi connectivity index (χ1v) is 5.90. The van der Waals surface area contributed by atoms with E-state index in [1.165, 1.54) is 0 Å². The number of rotatable bonds is 8.